The molecule has 1 N–H and O–H groups in total. The molecule has 1 aliphatic carbocycles. The minimum Gasteiger partial charge on any atom is -0.393 e. The van der Waals surface area contributed by atoms with Crippen LogP contribution in [-0.2, 0) is 0 Å². The van der Waals surface area contributed by atoms with Crippen LogP contribution in [-0.4, -0.2) is 11.2 Å². The average Bonchev–Trinajstić information content (AvgIpc) is 1.90. The van der Waals surface area contributed by atoms with Gasteiger partial charge in [0.05, 0.1) is 6.10 Å². The highest BCUT2D eigenvalue weighted by Gasteiger charge is 2.09. The van der Waals surface area contributed by atoms with E-state index in [9.17, 15) is 0 Å². The van der Waals surface area contributed by atoms with E-state index in [4.69, 9.17) is 5.11 Å². The highest BCUT2D eigenvalue weighted by atomic mass is 16.3. The number of hydrogen-bond donors (Lipinski definition) is 1. The van der Waals surface area contributed by atoms with Gasteiger partial charge in [-0.3, -0.25) is 0 Å². The molecule has 1 unspecified atom stereocenters. The molecule has 1 aliphatic rings. The summed E-state index contributed by atoms with van der Waals surface area (Å²) in [7, 11) is 0. The molecular weight excluding hydrogens is 112 g/mol. The van der Waals surface area contributed by atoms with Gasteiger partial charge in [-0.2, -0.15) is 0 Å². The zero-order valence-corrected chi connectivity index (χ0v) is 5.62. The van der Waals surface area contributed by atoms with E-state index in [-0.39, 0.29) is 6.10 Å². The van der Waals surface area contributed by atoms with Gasteiger partial charge in [-0.15, -0.1) is 0 Å². The van der Waals surface area contributed by atoms with Crippen LogP contribution in [0.2, 0.25) is 0 Å². The topological polar surface area (TPSA) is 20.2 Å². The number of aliphatic hydroxyl groups is 1. The molecule has 0 aromatic carbocycles. The molecule has 0 heterocycles. The minimum absolute atomic E-state index is 0.203. The van der Waals surface area contributed by atoms with Crippen LogP contribution < -0.4 is 0 Å². The van der Waals surface area contributed by atoms with Gasteiger partial charge < -0.3 is 5.11 Å². The van der Waals surface area contributed by atoms with Crippen molar-refractivity contribution in [2.45, 2.75) is 19.4 Å². The number of aliphatic hydroxyl groups excluding tert-OH is 1. The summed E-state index contributed by atoms with van der Waals surface area (Å²) in [6, 6.07) is 0. The minimum atomic E-state index is -0.203. The molecule has 0 aromatic heterocycles. The lowest BCUT2D eigenvalue weighted by atomic mass is 9.96. The van der Waals surface area contributed by atoms with Crippen LogP contribution >= 0.6 is 0 Å². The predicted molar refractivity (Wildman–Crippen MR) is 38.1 cm³/mol. The molecule has 1 rings (SSSR count). The molecule has 0 amide bonds. The zero-order valence-electron chi connectivity index (χ0n) is 5.62. The normalized spacial score (nSPS) is 28.4. The fourth-order valence-electron chi connectivity index (χ4n) is 0.957. The Bertz CT molecular complexity index is 134. The summed E-state index contributed by atoms with van der Waals surface area (Å²) < 4.78 is 0. The van der Waals surface area contributed by atoms with Crippen LogP contribution in [0.3, 0.4) is 0 Å². The number of allylic oxidation sites excluding steroid dienone is 3. The van der Waals surface area contributed by atoms with Crippen molar-refractivity contribution in [3.8, 4) is 0 Å². The third-order valence-electron chi connectivity index (χ3n) is 1.63. The Morgan fingerprint density at radius 1 is 1.56 bits per heavy atom. The van der Waals surface area contributed by atoms with E-state index in [0.717, 1.165) is 6.42 Å². The lowest BCUT2D eigenvalue weighted by Crippen LogP contribution is -2.14. The molecule has 2 atom stereocenters. The van der Waals surface area contributed by atoms with Gasteiger partial charge in [-0.25, -0.2) is 0 Å². The van der Waals surface area contributed by atoms with E-state index in [1.807, 2.05) is 25.2 Å². The maximum atomic E-state index is 9.09. The molecule has 0 aliphatic heterocycles. The van der Waals surface area contributed by atoms with Crippen LogP contribution in [0.5, 0.6) is 0 Å². The Kier molecular flexibility index (Phi) is 2.06. The van der Waals surface area contributed by atoms with Crippen LogP contribution in [0.1, 0.15) is 13.3 Å². The van der Waals surface area contributed by atoms with Crippen molar-refractivity contribution in [3.63, 3.8) is 0 Å². The summed E-state index contributed by atoms with van der Waals surface area (Å²) in [5.74, 6) is 0.343. The monoisotopic (exact) mass is 124 g/mol. The second kappa shape index (κ2) is 2.83. The third kappa shape index (κ3) is 1.68. The second-order valence-electron chi connectivity index (χ2n) is 2.45. The van der Waals surface area contributed by atoms with Crippen molar-refractivity contribution < 1.29 is 5.11 Å². The molecule has 0 bridgehead atoms. The average molecular weight is 124 g/mol. The van der Waals surface area contributed by atoms with Crippen molar-refractivity contribution in [1.29, 1.82) is 0 Å². The summed E-state index contributed by atoms with van der Waals surface area (Å²) in [4.78, 5) is 0. The first-order chi connectivity index (χ1) is 4.30. The molecule has 0 spiro atoms. The second-order valence-corrected chi connectivity index (χ2v) is 2.45. The predicted octanol–water partition coefficient (Wildman–Crippen LogP) is 1.50. The smallest absolute Gasteiger partial charge is 0.0577 e. The Morgan fingerprint density at radius 2 is 2.33 bits per heavy atom. The molecule has 50 valence electrons. The van der Waals surface area contributed by atoms with Crippen LogP contribution in [0.4, 0.5) is 0 Å². The van der Waals surface area contributed by atoms with E-state index in [1.165, 1.54) is 0 Å². The Morgan fingerprint density at radius 3 is 2.67 bits per heavy atom. The van der Waals surface area contributed by atoms with Crippen LogP contribution in [0.25, 0.3) is 0 Å². The van der Waals surface area contributed by atoms with Gasteiger partial charge in [-0.05, 0) is 13.3 Å². The van der Waals surface area contributed by atoms with E-state index < -0.39 is 0 Å². The number of hydrogen-bond acceptors (Lipinski definition) is 1. The van der Waals surface area contributed by atoms with Crippen molar-refractivity contribution >= 4 is 0 Å². The lowest BCUT2D eigenvalue weighted by Gasteiger charge is -2.14. The Balaban J connectivity index is 2.46. The summed E-state index contributed by atoms with van der Waals surface area (Å²) in [6.45, 7) is 1.83. The maximum Gasteiger partial charge on any atom is 0.0577 e. The largest absolute Gasteiger partial charge is 0.393 e. The van der Waals surface area contributed by atoms with Crippen LogP contribution in [0.15, 0.2) is 24.3 Å². The van der Waals surface area contributed by atoms with Gasteiger partial charge >= 0.3 is 0 Å². The van der Waals surface area contributed by atoms with E-state index in [2.05, 4.69) is 6.08 Å². The number of rotatable bonds is 1. The van der Waals surface area contributed by atoms with Crippen molar-refractivity contribution in [2.24, 2.45) is 5.92 Å². The summed E-state index contributed by atoms with van der Waals surface area (Å²) >= 11 is 0. The third-order valence-corrected chi connectivity index (χ3v) is 1.63. The van der Waals surface area contributed by atoms with Gasteiger partial charge in [0, 0.05) is 5.92 Å². The van der Waals surface area contributed by atoms with Gasteiger partial charge in [0.25, 0.3) is 0 Å². The highest BCUT2D eigenvalue weighted by molar-refractivity contribution is 5.11. The molecule has 0 fully saturated rings. The summed E-state index contributed by atoms with van der Waals surface area (Å²) in [5, 5.41) is 9.09. The van der Waals surface area contributed by atoms with Gasteiger partial charge in [0.15, 0.2) is 0 Å². The SMILES string of the molecule is C[C@H](O)C1C=CC=CC1. The summed E-state index contributed by atoms with van der Waals surface area (Å²) in [5.41, 5.74) is 0. The first kappa shape index (κ1) is 6.56. The van der Waals surface area contributed by atoms with E-state index >= 15 is 0 Å². The Hall–Kier alpha value is -0.560. The zero-order chi connectivity index (χ0) is 6.69. The molecule has 1 nitrogen and oxygen atoms in total. The van der Waals surface area contributed by atoms with Gasteiger partial charge in [-0.1, -0.05) is 24.3 Å². The molecular formula is C8H12O. The fourth-order valence-corrected chi connectivity index (χ4v) is 0.957. The van der Waals surface area contributed by atoms with Crippen molar-refractivity contribution in [2.75, 3.05) is 0 Å². The van der Waals surface area contributed by atoms with E-state index in [0.29, 0.717) is 5.92 Å². The standard InChI is InChI=1S/C8H12O/c1-7(9)8-5-3-2-4-6-8/h2-5,7-9H,6H2,1H3/t7-,8?/m0/s1. The quantitative estimate of drug-likeness (QED) is 0.561. The van der Waals surface area contributed by atoms with Gasteiger partial charge in [0.2, 0.25) is 0 Å². The molecule has 0 radical (unpaired) electrons. The molecule has 9 heavy (non-hydrogen) atoms. The first-order valence-corrected chi connectivity index (χ1v) is 3.32. The first-order valence-electron chi connectivity index (χ1n) is 3.32. The van der Waals surface area contributed by atoms with Gasteiger partial charge in [0.1, 0.15) is 0 Å². The lowest BCUT2D eigenvalue weighted by molar-refractivity contribution is 0.149. The molecule has 1 heteroatoms. The summed E-state index contributed by atoms with van der Waals surface area (Å²) in [6.07, 6.45) is 8.90. The Labute approximate surface area is 55.7 Å². The van der Waals surface area contributed by atoms with E-state index in [1.54, 1.807) is 0 Å². The molecule has 0 aromatic rings. The van der Waals surface area contributed by atoms with Crippen molar-refractivity contribution in [3.05, 3.63) is 24.3 Å². The maximum absolute atomic E-state index is 9.09. The molecule has 0 saturated heterocycles. The fraction of sp³-hybridized carbons (Fsp3) is 0.500. The van der Waals surface area contributed by atoms with Crippen molar-refractivity contribution in [1.82, 2.24) is 0 Å². The molecule has 0 saturated carbocycles. The van der Waals surface area contributed by atoms with Crippen LogP contribution in [0, 0.1) is 5.92 Å². The highest BCUT2D eigenvalue weighted by Crippen LogP contribution is 2.14.